The van der Waals surface area contributed by atoms with Crippen molar-refractivity contribution in [1.82, 2.24) is 10.3 Å². The number of ether oxygens (including phenoxy) is 3. The Bertz CT molecular complexity index is 948. The summed E-state index contributed by atoms with van der Waals surface area (Å²) in [6, 6.07) is 9.61. The van der Waals surface area contributed by atoms with Crippen LogP contribution in [0, 0.1) is 5.92 Å². The Morgan fingerprint density at radius 2 is 1.97 bits per heavy atom. The van der Waals surface area contributed by atoms with Crippen molar-refractivity contribution in [2.45, 2.75) is 31.9 Å². The molecule has 0 spiro atoms. The van der Waals surface area contributed by atoms with Gasteiger partial charge in [0.05, 0.1) is 19.1 Å². The maximum atomic E-state index is 12.6. The molecular formula is C22H24N2O7. The van der Waals surface area contributed by atoms with Gasteiger partial charge in [-0.05, 0) is 25.3 Å². The van der Waals surface area contributed by atoms with Crippen LogP contribution in [0.4, 0.5) is 0 Å². The number of esters is 2. The highest BCUT2D eigenvalue weighted by atomic mass is 16.6. The molecule has 1 aliphatic heterocycles. The second-order valence-electron chi connectivity index (χ2n) is 7.24. The lowest BCUT2D eigenvalue weighted by atomic mass is 9.94. The predicted molar refractivity (Wildman–Crippen MR) is 108 cm³/mol. The normalized spacial score (nSPS) is 21.7. The third-order valence-corrected chi connectivity index (χ3v) is 4.90. The number of benzene rings is 1. The maximum absolute atomic E-state index is 12.6. The van der Waals surface area contributed by atoms with Crippen molar-refractivity contribution in [3.63, 3.8) is 0 Å². The van der Waals surface area contributed by atoms with Crippen molar-refractivity contribution >= 4 is 17.8 Å². The number of amides is 1. The minimum absolute atomic E-state index is 0.0565. The van der Waals surface area contributed by atoms with Gasteiger partial charge in [0, 0.05) is 12.3 Å². The lowest BCUT2D eigenvalue weighted by molar-refractivity contribution is -0.152. The number of carbonyl (C=O) groups is 3. The standard InChI is InChI=1S/C22H24N2O7/c1-13-10-15(11-14-6-4-3-5-7-14)21(27)30-12-16(22(28)31-13)24-20(26)18-19(25)17(29-2)8-9-23-18/h3-9,13,15-16,25H,10-12H2,1-2H3,(H,24,26)/t13-,15-,16?/m0/s1. The van der Waals surface area contributed by atoms with Gasteiger partial charge >= 0.3 is 11.9 Å². The fourth-order valence-corrected chi connectivity index (χ4v) is 3.34. The van der Waals surface area contributed by atoms with Gasteiger partial charge in [-0.3, -0.25) is 9.59 Å². The van der Waals surface area contributed by atoms with Gasteiger partial charge in [0.2, 0.25) is 0 Å². The molecule has 164 valence electrons. The van der Waals surface area contributed by atoms with Gasteiger partial charge in [0.1, 0.15) is 6.61 Å². The molecule has 3 rings (SSSR count). The number of hydrogen-bond acceptors (Lipinski definition) is 8. The SMILES string of the molecule is COc1ccnc(C(=O)NC2COC(=O)[C@H](Cc3ccccc3)C[C@H](C)OC2=O)c1O. The summed E-state index contributed by atoms with van der Waals surface area (Å²) in [5.41, 5.74) is 0.639. The molecule has 1 aliphatic rings. The summed E-state index contributed by atoms with van der Waals surface area (Å²) in [6.45, 7) is 1.29. The first-order valence-electron chi connectivity index (χ1n) is 9.83. The molecule has 9 nitrogen and oxygen atoms in total. The van der Waals surface area contributed by atoms with Crippen LogP contribution in [0.1, 0.15) is 29.4 Å². The van der Waals surface area contributed by atoms with Crippen molar-refractivity contribution in [1.29, 1.82) is 0 Å². The van der Waals surface area contributed by atoms with Crippen LogP contribution >= 0.6 is 0 Å². The topological polar surface area (TPSA) is 124 Å². The van der Waals surface area contributed by atoms with Crippen LogP contribution in [-0.4, -0.2) is 53.8 Å². The number of aromatic nitrogens is 1. The van der Waals surface area contributed by atoms with Crippen LogP contribution < -0.4 is 10.1 Å². The molecule has 1 aromatic heterocycles. The largest absolute Gasteiger partial charge is 0.503 e. The minimum atomic E-state index is -1.25. The van der Waals surface area contributed by atoms with E-state index in [9.17, 15) is 19.5 Å². The van der Waals surface area contributed by atoms with Crippen LogP contribution in [-0.2, 0) is 25.5 Å². The Morgan fingerprint density at radius 1 is 1.23 bits per heavy atom. The van der Waals surface area contributed by atoms with Crippen molar-refractivity contribution in [2.24, 2.45) is 5.92 Å². The zero-order valence-electron chi connectivity index (χ0n) is 17.2. The molecule has 1 unspecified atom stereocenters. The number of methoxy groups -OCH3 is 1. The molecule has 2 heterocycles. The van der Waals surface area contributed by atoms with Crippen molar-refractivity contribution < 1.29 is 33.7 Å². The Hall–Kier alpha value is -3.62. The number of hydrogen-bond donors (Lipinski definition) is 2. The van der Waals surface area contributed by atoms with Crippen molar-refractivity contribution in [2.75, 3.05) is 13.7 Å². The third-order valence-electron chi connectivity index (χ3n) is 4.90. The number of pyridine rings is 1. The van der Waals surface area contributed by atoms with Crippen LogP contribution in [0.15, 0.2) is 42.6 Å². The van der Waals surface area contributed by atoms with Gasteiger partial charge < -0.3 is 24.6 Å². The molecule has 1 saturated heterocycles. The highest BCUT2D eigenvalue weighted by Gasteiger charge is 2.33. The first-order chi connectivity index (χ1) is 14.9. The molecule has 2 N–H and O–H groups in total. The quantitative estimate of drug-likeness (QED) is 0.689. The zero-order chi connectivity index (χ0) is 22.4. The maximum Gasteiger partial charge on any atom is 0.332 e. The molecule has 0 aliphatic carbocycles. The van der Waals surface area contributed by atoms with Crippen molar-refractivity contribution in [3.8, 4) is 11.5 Å². The molecule has 0 bridgehead atoms. The summed E-state index contributed by atoms with van der Waals surface area (Å²) in [5, 5.41) is 12.5. The monoisotopic (exact) mass is 428 g/mol. The van der Waals surface area contributed by atoms with Gasteiger partial charge in [-0.25, -0.2) is 9.78 Å². The smallest absolute Gasteiger partial charge is 0.332 e. The van der Waals surface area contributed by atoms with E-state index in [1.165, 1.54) is 19.4 Å². The fourth-order valence-electron chi connectivity index (χ4n) is 3.34. The number of aromatic hydroxyl groups is 1. The zero-order valence-corrected chi connectivity index (χ0v) is 17.2. The molecule has 0 radical (unpaired) electrons. The molecule has 1 aromatic carbocycles. The number of nitrogens with one attached hydrogen (secondary N) is 1. The Labute approximate surface area is 179 Å². The summed E-state index contributed by atoms with van der Waals surface area (Å²) in [7, 11) is 1.33. The lowest BCUT2D eigenvalue weighted by Crippen LogP contribution is -2.46. The molecule has 0 saturated carbocycles. The van der Waals surface area contributed by atoms with E-state index in [2.05, 4.69) is 10.3 Å². The Balaban J connectivity index is 1.73. The van der Waals surface area contributed by atoms with E-state index in [0.717, 1.165) is 5.56 Å². The number of rotatable bonds is 5. The van der Waals surface area contributed by atoms with E-state index in [0.29, 0.717) is 12.8 Å². The summed E-state index contributed by atoms with van der Waals surface area (Å²) in [5.74, 6) is -2.95. The molecule has 3 atom stereocenters. The average Bonchev–Trinajstić information content (AvgIpc) is 2.80. The average molecular weight is 428 g/mol. The summed E-state index contributed by atoms with van der Waals surface area (Å²) < 4.78 is 15.7. The Morgan fingerprint density at radius 3 is 2.68 bits per heavy atom. The molecule has 1 amide bonds. The van der Waals surface area contributed by atoms with Gasteiger partial charge in [-0.1, -0.05) is 30.3 Å². The highest BCUT2D eigenvalue weighted by molar-refractivity contribution is 5.98. The van der Waals surface area contributed by atoms with Gasteiger partial charge in [-0.15, -0.1) is 0 Å². The molecule has 1 fully saturated rings. The van der Waals surface area contributed by atoms with Crippen LogP contribution in [0.3, 0.4) is 0 Å². The van der Waals surface area contributed by atoms with Gasteiger partial charge in [-0.2, -0.15) is 0 Å². The van der Waals surface area contributed by atoms with E-state index in [1.807, 2.05) is 30.3 Å². The van der Waals surface area contributed by atoms with Gasteiger partial charge in [0.25, 0.3) is 5.91 Å². The van der Waals surface area contributed by atoms with E-state index < -0.39 is 48.3 Å². The second-order valence-corrected chi connectivity index (χ2v) is 7.24. The van der Waals surface area contributed by atoms with E-state index in [4.69, 9.17) is 14.2 Å². The fraction of sp³-hybridized carbons (Fsp3) is 0.364. The predicted octanol–water partition coefficient (Wildman–Crippen LogP) is 1.63. The highest BCUT2D eigenvalue weighted by Crippen LogP contribution is 2.27. The van der Waals surface area contributed by atoms with Crippen LogP contribution in [0.5, 0.6) is 11.5 Å². The first kappa shape index (κ1) is 22.1. The second kappa shape index (κ2) is 9.92. The van der Waals surface area contributed by atoms with Crippen molar-refractivity contribution in [3.05, 3.63) is 53.9 Å². The van der Waals surface area contributed by atoms with E-state index >= 15 is 0 Å². The lowest BCUT2D eigenvalue weighted by Gasteiger charge is -2.18. The Kier molecular flexibility index (Phi) is 7.07. The summed E-state index contributed by atoms with van der Waals surface area (Å²) >= 11 is 0. The minimum Gasteiger partial charge on any atom is -0.503 e. The molecule has 31 heavy (non-hydrogen) atoms. The number of carbonyl (C=O) groups excluding carboxylic acids is 3. The summed E-state index contributed by atoms with van der Waals surface area (Å²) in [4.78, 5) is 41.6. The number of cyclic esters (lactones) is 2. The van der Waals surface area contributed by atoms with Crippen LogP contribution in [0.25, 0.3) is 0 Å². The van der Waals surface area contributed by atoms with E-state index in [1.54, 1.807) is 6.92 Å². The van der Waals surface area contributed by atoms with Crippen LogP contribution in [0.2, 0.25) is 0 Å². The molecule has 2 aromatic rings. The first-order valence-corrected chi connectivity index (χ1v) is 9.83. The molecular weight excluding hydrogens is 404 g/mol. The van der Waals surface area contributed by atoms with Gasteiger partial charge in [0.15, 0.2) is 23.2 Å². The third kappa shape index (κ3) is 5.50. The molecule has 9 heteroatoms. The number of nitrogens with zero attached hydrogens (tertiary/aromatic N) is 1. The van der Waals surface area contributed by atoms with E-state index in [-0.39, 0.29) is 11.4 Å². The summed E-state index contributed by atoms with van der Waals surface area (Å²) in [6.07, 6.45) is 1.46.